The summed E-state index contributed by atoms with van der Waals surface area (Å²) in [5.74, 6) is 1.90. The van der Waals surface area contributed by atoms with Crippen LogP contribution in [0, 0.1) is 0 Å². The van der Waals surface area contributed by atoms with Gasteiger partial charge in [-0.1, -0.05) is 0 Å². The van der Waals surface area contributed by atoms with Gasteiger partial charge in [-0.2, -0.15) is 0 Å². The van der Waals surface area contributed by atoms with Gasteiger partial charge in [0.2, 0.25) is 0 Å². The van der Waals surface area contributed by atoms with Gasteiger partial charge in [0, 0.05) is 18.5 Å². The molecule has 0 saturated heterocycles. The first kappa shape index (κ1) is 12.3. The number of halogens is 1. The van der Waals surface area contributed by atoms with Gasteiger partial charge in [-0.3, -0.25) is 4.79 Å². The van der Waals surface area contributed by atoms with Crippen LogP contribution in [0.5, 0.6) is 0 Å². The van der Waals surface area contributed by atoms with Gasteiger partial charge in [-0.05, 0) is 28.8 Å². The molecule has 0 spiro atoms. The number of carbonyl (C=O) groups is 1. The van der Waals surface area contributed by atoms with Gasteiger partial charge in [0.1, 0.15) is 16.2 Å². The van der Waals surface area contributed by atoms with Gasteiger partial charge in [-0.25, -0.2) is 9.97 Å². The molecule has 1 heterocycles. The van der Waals surface area contributed by atoms with Crippen molar-refractivity contribution >= 4 is 27.7 Å². The van der Waals surface area contributed by atoms with Crippen LogP contribution in [0.3, 0.4) is 0 Å². The molecular formula is C11H14BrN3O2. The third kappa shape index (κ3) is 3.66. The van der Waals surface area contributed by atoms with Crippen molar-refractivity contribution in [1.29, 1.82) is 0 Å². The van der Waals surface area contributed by atoms with E-state index in [1.54, 1.807) is 0 Å². The van der Waals surface area contributed by atoms with Crippen LogP contribution in [-0.2, 0) is 9.53 Å². The number of anilines is 1. The van der Waals surface area contributed by atoms with Crippen LogP contribution in [0.2, 0.25) is 0 Å². The normalized spacial score (nSPS) is 14.5. The van der Waals surface area contributed by atoms with Gasteiger partial charge in [0.15, 0.2) is 0 Å². The van der Waals surface area contributed by atoms with Crippen LogP contribution in [0.1, 0.15) is 31.0 Å². The highest BCUT2D eigenvalue weighted by atomic mass is 79.9. The Kier molecular flexibility index (Phi) is 3.93. The zero-order valence-corrected chi connectivity index (χ0v) is 11.2. The van der Waals surface area contributed by atoms with Crippen LogP contribution in [-0.4, -0.2) is 29.6 Å². The highest BCUT2D eigenvalue weighted by molar-refractivity contribution is 9.10. The van der Waals surface area contributed by atoms with Crippen LogP contribution in [0.4, 0.5) is 5.82 Å². The maximum absolute atomic E-state index is 10.9. The number of ether oxygens (including phenoxy) is 1. The second-order valence-corrected chi connectivity index (χ2v) is 4.77. The topological polar surface area (TPSA) is 64.1 Å². The standard InChI is InChI=1S/C11H14BrN3O2/c1-17-10(16)4-5-13-9-6-8(12)14-11(15-9)7-2-3-7/h6-7H,2-5H2,1H3,(H,13,14,15). The molecule has 0 aliphatic heterocycles. The quantitative estimate of drug-likeness (QED) is 0.666. The molecule has 1 aromatic rings. The summed E-state index contributed by atoms with van der Waals surface area (Å²) in [6, 6.07) is 1.81. The number of esters is 1. The minimum atomic E-state index is -0.229. The van der Waals surface area contributed by atoms with Crippen molar-refractivity contribution in [3.63, 3.8) is 0 Å². The molecule has 1 aliphatic rings. The molecule has 0 unspecified atom stereocenters. The van der Waals surface area contributed by atoms with E-state index in [1.807, 2.05) is 6.07 Å². The fraction of sp³-hybridized carbons (Fsp3) is 0.545. The van der Waals surface area contributed by atoms with Crippen molar-refractivity contribution in [1.82, 2.24) is 9.97 Å². The Labute approximate surface area is 108 Å². The van der Waals surface area contributed by atoms with Gasteiger partial charge in [0.05, 0.1) is 13.5 Å². The van der Waals surface area contributed by atoms with Crippen LogP contribution in [0.25, 0.3) is 0 Å². The van der Waals surface area contributed by atoms with Crippen molar-refractivity contribution in [3.05, 3.63) is 16.5 Å². The van der Waals surface area contributed by atoms with E-state index in [1.165, 1.54) is 7.11 Å². The van der Waals surface area contributed by atoms with Crippen LogP contribution < -0.4 is 5.32 Å². The molecular weight excluding hydrogens is 286 g/mol. The molecule has 1 saturated carbocycles. The van der Waals surface area contributed by atoms with Gasteiger partial charge >= 0.3 is 5.97 Å². The average Bonchev–Trinajstić information content (AvgIpc) is 3.12. The molecule has 2 rings (SSSR count). The Bertz CT molecular complexity index is 421. The highest BCUT2D eigenvalue weighted by Gasteiger charge is 2.27. The van der Waals surface area contributed by atoms with E-state index in [-0.39, 0.29) is 5.97 Å². The van der Waals surface area contributed by atoms with Crippen molar-refractivity contribution in [2.45, 2.75) is 25.2 Å². The maximum atomic E-state index is 10.9. The summed E-state index contributed by atoms with van der Waals surface area (Å²) >= 11 is 3.36. The van der Waals surface area contributed by atoms with Gasteiger partial charge < -0.3 is 10.1 Å². The van der Waals surface area contributed by atoms with Crippen molar-refractivity contribution in [2.24, 2.45) is 0 Å². The number of nitrogens with zero attached hydrogens (tertiary/aromatic N) is 2. The maximum Gasteiger partial charge on any atom is 0.307 e. The summed E-state index contributed by atoms with van der Waals surface area (Å²) in [5, 5.41) is 3.09. The Morgan fingerprint density at radius 3 is 3.00 bits per heavy atom. The molecule has 92 valence electrons. The first-order chi connectivity index (χ1) is 8.19. The molecule has 0 atom stereocenters. The highest BCUT2D eigenvalue weighted by Crippen LogP contribution is 2.38. The number of rotatable bonds is 5. The number of nitrogens with one attached hydrogen (secondary N) is 1. The Morgan fingerprint density at radius 1 is 1.59 bits per heavy atom. The molecule has 1 N–H and O–H groups in total. The summed E-state index contributed by atoms with van der Waals surface area (Å²) in [6.45, 7) is 0.514. The number of aromatic nitrogens is 2. The van der Waals surface area contributed by atoms with Crippen molar-refractivity contribution in [2.75, 3.05) is 19.0 Å². The van der Waals surface area contributed by atoms with E-state index < -0.39 is 0 Å². The fourth-order valence-corrected chi connectivity index (χ4v) is 1.84. The molecule has 5 nitrogen and oxygen atoms in total. The molecule has 6 heteroatoms. The molecule has 1 aromatic heterocycles. The number of hydrogen-bond acceptors (Lipinski definition) is 5. The van der Waals surface area contributed by atoms with E-state index in [4.69, 9.17) is 0 Å². The van der Waals surface area contributed by atoms with Crippen molar-refractivity contribution < 1.29 is 9.53 Å². The van der Waals surface area contributed by atoms with Gasteiger partial charge in [0.25, 0.3) is 0 Å². The predicted octanol–water partition coefficient (Wildman–Crippen LogP) is 2.09. The number of carbonyl (C=O) groups excluding carboxylic acids is 1. The first-order valence-electron chi connectivity index (χ1n) is 5.54. The third-order valence-electron chi connectivity index (χ3n) is 2.52. The fourth-order valence-electron chi connectivity index (χ4n) is 1.44. The number of methoxy groups -OCH3 is 1. The monoisotopic (exact) mass is 299 g/mol. The molecule has 1 fully saturated rings. The minimum absolute atomic E-state index is 0.229. The summed E-state index contributed by atoms with van der Waals surface area (Å²) in [5.41, 5.74) is 0. The third-order valence-corrected chi connectivity index (χ3v) is 2.92. The summed E-state index contributed by atoms with van der Waals surface area (Å²) in [6.07, 6.45) is 2.66. The molecule has 17 heavy (non-hydrogen) atoms. The van der Waals surface area contributed by atoms with E-state index >= 15 is 0 Å². The average molecular weight is 300 g/mol. The second kappa shape index (κ2) is 5.44. The van der Waals surface area contributed by atoms with E-state index in [2.05, 4.69) is 36.0 Å². The minimum Gasteiger partial charge on any atom is -0.469 e. The van der Waals surface area contributed by atoms with Crippen LogP contribution >= 0.6 is 15.9 Å². The zero-order chi connectivity index (χ0) is 12.3. The SMILES string of the molecule is COC(=O)CCNc1cc(Br)nc(C2CC2)n1. The lowest BCUT2D eigenvalue weighted by Gasteiger charge is -2.06. The van der Waals surface area contributed by atoms with E-state index in [9.17, 15) is 4.79 Å². The summed E-state index contributed by atoms with van der Waals surface area (Å²) in [4.78, 5) is 19.7. The Hall–Kier alpha value is -1.17. The van der Waals surface area contributed by atoms with Crippen molar-refractivity contribution in [3.8, 4) is 0 Å². The molecule has 1 aliphatic carbocycles. The summed E-state index contributed by atoms with van der Waals surface area (Å²) < 4.78 is 5.34. The lowest BCUT2D eigenvalue weighted by atomic mass is 10.4. The number of hydrogen-bond donors (Lipinski definition) is 1. The Balaban J connectivity index is 1.93. The lowest BCUT2D eigenvalue weighted by molar-refractivity contribution is -0.140. The molecule has 0 bridgehead atoms. The van der Waals surface area contributed by atoms with Crippen LogP contribution in [0.15, 0.2) is 10.7 Å². The first-order valence-corrected chi connectivity index (χ1v) is 6.33. The van der Waals surface area contributed by atoms with Gasteiger partial charge in [-0.15, -0.1) is 0 Å². The molecule has 0 amide bonds. The molecule has 0 aromatic carbocycles. The predicted molar refractivity (Wildman–Crippen MR) is 66.8 cm³/mol. The lowest BCUT2D eigenvalue weighted by Crippen LogP contribution is -2.11. The second-order valence-electron chi connectivity index (χ2n) is 3.96. The summed E-state index contributed by atoms with van der Waals surface area (Å²) in [7, 11) is 1.38. The smallest absolute Gasteiger partial charge is 0.307 e. The zero-order valence-electron chi connectivity index (χ0n) is 9.57. The Morgan fingerprint density at radius 2 is 2.35 bits per heavy atom. The largest absolute Gasteiger partial charge is 0.469 e. The van der Waals surface area contributed by atoms with E-state index in [0.717, 1.165) is 29.1 Å². The van der Waals surface area contributed by atoms with E-state index in [0.29, 0.717) is 18.9 Å². The molecule has 0 radical (unpaired) electrons.